The third kappa shape index (κ3) is 3.03. The van der Waals surface area contributed by atoms with Crippen LogP contribution in [0, 0.1) is 11.3 Å². The van der Waals surface area contributed by atoms with Crippen molar-refractivity contribution in [2.45, 2.75) is 0 Å². The van der Waals surface area contributed by atoms with Gasteiger partial charge in [0.2, 0.25) is 0 Å². The summed E-state index contributed by atoms with van der Waals surface area (Å²) in [7, 11) is 0. The van der Waals surface area contributed by atoms with Gasteiger partial charge < -0.3 is 5.32 Å². The molecule has 106 valence electrons. The average molecular weight is 305 g/mol. The van der Waals surface area contributed by atoms with Gasteiger partial charge in [-0.1, -0.05) is 18.2 Å². The predicted octanol–water partition coefficient (Wildman–Crippen LogP) is 3.93. The number of rotatable bonds is 3. The highest BCUT2D eigenvalue weighted by molar-refractivity contribution is 7.12. The molecule has 1 N–H and O–H groups in total. The molecule has 0 saturated heterocycles. The average Bonchev–Trinajstić information content (AvgIpc) is 3.10. The minimum atomic E-state index is -0.143. The van der Waals surface area contributed by atoms with Crippen LogP contribution in [0.15, 0.2) is 60.1 Å². The smallest absolute Gasteiger partial charge is 0.265 e. The maximum atomic E-state index is 11.9. The van der Waals surface area contributed by atoms with Crippen molar-refractivity contribution in [3.05, 3.63) is 70.5 Å². The van der Waals surface area contributed by atoms with E-state index < -0.39 is 0 Å². The van der Waals surface area contributed by atoms with Crippen LogP contribution in [0.2, 0.25) is 0 Å². The van der Waals surface area contributed by atoms with Gasteiger partial charge in [0.25, 0.3) is 5.91 Å². The first-order valence-electron chi connectivity index (χ1n) is 6.58. The van der Waals surface area contributed by atoms with Gasteiger partial charge in [0, 0.05) is 5.56 Å². The maximum absolute atomic E-state index is 11.9. The molecule has 0 radical (unpaired) electrons. The molecular formula is C17H11N3OS. The van der Waals surface area contributed by atoms with E-state index in [1.165, 1.54) is 11.3 Å². The van der Waals surface area contributed by atoms with Crippen molar-refractivity contribution in [1.29, 1.82) is 5.26 Å². The Morgan fingerprint density at radius 3 is 2.77 bits per heavy atom. The van der Waals surface area contributed by atoms with Crippen molar-refractivity contribution >= 4 is 22.9 Å². The van der Waals surface area contributed by atoms with Crippen LogP contribution in [0.5, 0.6) is 0 Å². The quantitative estimate of drug-likeness (QED) is 0.797. The molecule has 0 atom stereocenters. The zero-order valence-electron chi connectivity index (χ0n) is 11.5. The lowest BCUT2D eigenvalue weighted by Crippen LogP contribution is -2.10. The summed E-state index contributed by atoms with van der Waals surface area (Å²) >= 11 is 1.39. The first-order valence-corrected chi connectivity index (χ1v) is 7.46. The van der Waals surface area contributed by atoms with Crippen molar-refractivity contribution < 1.29 is 4.79 Å². The molecule has 0 aliphatic rings. The minimum Gasteiger partial charge on any atom is -0.320 e. The standard InChI is InChI=1S/C17H11N3OS/c18-10-12-3-1-4-13(9-12)15-7-6-14(11-19-15)20-17(21)16-5-2-8-22-16/h1-9,11H,(H,20,21). The number of nitrogens with zero attached hydrogens (tertiary/aromatic N) is 2. The third-order valence-corrected chi connectivity index (χ3v) is 3.92. The molecule has 2 heterocycles. The van der Waals surface area contributed by atoms with Crippen LogP contribution in [0.25, 0.3) is 11.3 Å². The minimum absolute atomic E-state index is 0.143. The van der Waals surface area contributed by atoms with E-state index in [0.717, 1.165) is 11.3 Å². The number of nitriles is 1. The number of carbonyl (C=O) groups excluding carboxylic acids is 1. The van der Waals surface area contributed by atoms with Crippen LogP contribution in [0.4, 0.5) is 5.69 Å². The molecule has 5 heteroatoms. The highest BCUT2D eigenvalue weighted by Crippen LogP contribution is 2.20. The van der Waals surface area contributed by atoms with Gasteiger partial charge in [0.15, 0.2) is 0 Å². The van der Waals surface area contributed by atoms with E-state index in [-0.39, 0.29) is 5.91 Å². The van der Waals surface area contributed by atoms with E-state index in [2.05, 4.69) is 16.4 Å². The second kappa shape index (κ2) is 6.20. The lowest BCUT2D eigenvalue weighted by Gasteiger charge is -2.05. The summed E-state index contributed by atoms with van der Waals surface area (Å²) in [6, 6.07) is 16.6. The summed E-state index contributed by atoms with van der Waals surface area (Å²) < 4.78 is 0. The Balaban J connectivity index is 1.78. The van der Waals surface area contributed by atoms with Crippen LogP contribution in [0.1, 0.15) is 15.2 Å². The maximum Gasteiger partial charge on any atom is 0.265 e. The number of nitrogens with one attached hydrogen (secondary N) is 1. The molecule has 0 unspecified atom stereocenters. The van der Waals surface area contributed by atoms with E-state index >= 15 is 0 Å². The second-order valence-corrected chi connectivity index (χ2v) is 5.50. The summed E-state index contributed by atoms with van der Waals surface area (Å²) in [4.78, 5) is 16.9. The third-order valence-electron chi connectivity index (χ3n) is 3.05. The Hall–Kier alpha value is -2.97. The second-order valence-electron chi connectivity index (χ2n) is 4.56. The summed E-state index contributed by atoms with van der Waals surface area (Å²) in [5, 5.41) is 13.6. The van der Waals surface area contributed by atoms with Gasteiger partial charge in [-0.15, -0.1) is 11.3 Å². The molecule has 3 rings (SSSR count). The molecular weight excluding hydrogens is 294 g/mol. The normalized spacial score (nSPS) is 9.95. The van der Waals surface area contributed by atoms with Gasteiger partial charge >= 0.3 is 0 Å². The number of hydrogen-bond acceptors (Lipinski definition) is 4. The van der Waals surface area contributed by atoms with Crippen molar-refractivity contribution in [2.24, 2.45) is 0 Å². The number of thiophene rings is 1. The molecule has 2 aromatic heterocycles. The van der Waals surface area contributed by atoms with Gasteiger partial charge in [-0.3, -0.25) is 9.78 Å². The fourth-order valence-corrected chi connectivity index (χ4v) is 2.61. The molecule has 0 saturated carbocycles. The Labute approximate surface area is 131 Å². The number of carbonyl (C=O) groups is 1. The molecule has 0 fully saturated rings. The lowest BCUT2D eigenvalue weighted by atomic mass is 10.1. The number of hydrogen-bond donors (Lipinski definition) is 1. The zero-order chi connectivity index (χ0) is 15.4. The van der Waals surface area contributed by atoms with E-state index in [1.54, 1.807) is 30.5 Å². The summed E-state index contributed by atoms with van der Waals surface area (Å²) in [5.74, 6) is -0.143. The number of anilines is 1. The lowest BCUT2D eigenvalue weighted by molar-refractivity contribution is 0.103. The predicted molar refractivity (Wildman–Crippen MR) is 86.7 cm³/mol. The SMILES string of the molecule is N#Cc1cccc(-c2ccc(NC(=O)c3cccs3)cn2)c1. The largest absolute Gasteiger partial charge is 0.320 e. The van der Waals surface area contributed by atoms with Crippen LogP contribution in [0.3, 0.4) is 0 Å². The fraction of sp³-hybridized carbons (Fsp3) is 0. The molecule has 1 aromatic carbocycles. The Kier molecular flexibility index (Phi) is 3.95. The van der Waals surface area contributed by atoms with E-state index in [9.17, 15) is 4.79 Å². The fourth-order valence-electron chi connectivity index (χ4n) is 1.99. The summed E-state index contributed by atoms with van der Waals surface area (Å²) in [6.45, 7) is 0. The molecule has 4 nitrogen and oxygen atoms in total. The van der Waals surface area contributed by atoms with Crippen molar-refractivity contribution in [3.63, 3.8) is 0 Å². The Morgan fingerprint density at radius 1 is 1.18 bits per heavy atom. The molecule has 0 aliphatic carbocycles. The first kappa shape index (κ1) is 14.0. The van der Waals surface area contributed by atoms with E-state index in [0.29, 0.717) is 16.1 Å². The van der Waals surface area contributed by atoms with Crippen LogP contribution < -0.4 is 5.32 Å². The first-order chi connectivity index (χ1) is 10.8. The highest BCUT2D eigenvalue weighted by atomic mass is 32.1. The van der Waals surface area contributed by atoms with Crippen molar-refractivity contribution in [2.75, 3.05) is 5.32 Å². The number of benzene rings is 1. The van der Waals surface area contributed by atoms with Crippen LogP contribution in [-0.4, -0.2) is 10.9 Å². The molecule has 3 aromatic rings. The summed E-state index contributed by atoms with van der Waals surface area (Å²) in [6.07, 6.45) is 1.61. The van der Waals surface area contributed by atoms with Crippen molar-refractivity contribution in [1.82, 2.24) is 4.98 Å². The van der Waals surface area contributed by atoms with Crippen LogP contribution >= 0.6 is 11.3 Å². The number of pyridine rings is 1. The molecule has 0 spiro atoms. The molecule has 0 aliphatic heterocycles. The molecule has 22 heavy (non-hydrogen) atoms. The number of amides is 1. The number of aromatic nitrogens is 1. The molecule has 0 bridgehead atoms. The Morgan fingerprint density at radius 2 is 2.09 bits per heavy atom. The summed E-state index contributed by atoms with van der Waals surface area (Å²) in [5.41, 5.74) is 2.86. The van der Waals surface area contributed by atoms with Gasteiger partial charge in [-0.25, -0.2) is 0 Å². The Bertz CT molecular complexity index is 833. The topological polar surface area (TPSA) is 65.8 Å². The molecule has 1 amide bonds. The monoisotopic (exact) mass is 305 g/mol. The van der Waals surface area contributed by atoms with Gasteiger partial charge in [-0.05, 0) is 35.7 Å². The van der Waals surface area contributed by atoms with E-state index in [1.807, 2.05) is 29.6 Å². The van der Waals surface area contributed by atoms with Gasteiger partial charge in [-0.2, -0.15) is 5.26 Å². The zero-order valence-corrected chi connectivity index (χ0v) is 12.3. The highest BCUT2D eigenvalue weighted by Gasteiger charge is 2.07. The van der Waals surface area contributed by atoms with Gasteiger partial charge in [0.05, 0.1) is 34.1 Å². The van der Waals surface area contributed by atoms with Crippen molar-refractivity contribution in [3.8, 4) is 17.3 Å². The van der Waals surface area contributed by atoms with E-state index in [4.69, 9.17) is 5.26 Å². The van der Waals surface area contributed by atoms with Gasteiger partial charge in [0.1, 0.15) is 0 Å². The van der Waals surface area contributed by atoms with Crippen LogP contribution in [-0.2, 0) is 0 Å².